The molecule has 0 radical (unpaired) electrons. The number of carbonyl (C=O) groups excluding carboxylic acids is 1. The highest BCUT2D eigenvalue weighted by molar-refractivity contribution is 6.32. The highest BCUT2D eigenvalue weighted by Gasteiger charge is 2.41. The van der Waals surface area contributed by atoms with Crippen LogP contribution in [0.2, 0.25) is 5.02 Å². The van der Waals surface area contributed by atoms with Crippen molar-refractivity contribution in [3.05, 3.63) is 40.7 Å². The number of rotatable bonds is 7. The van der Waals surface area contributed by atoms with E-state index in [2.05, 4.69) is 20.7 Å². The first-order valence-corrected chi connectivity index (χ1v) is 9.60. The summed E-state index contributed by atoms with van der Waals surface area (Å²) in [5.74, 6) is -0.223. The number of nitrogens with one attached hydrogen (secondary N) is 1. The number of hydrogen-bond acceptors (Lipinski definition) is 4. The maximum atomic E-state index is 13.1. The fourth-order valence-electron chi connectivity index (χ4n) is 3.23. The molecule has 1 aromatic carbocycles. The van der Waals surface area contributed by atoms with E-state index >= 15 is 0 Å². The van der Waals surface area contributed by atoms with Crippen molar-refractivity contribution in [1.82, 2.24) is 30.1 Å². The number of aromatic nitrogens is 5. The molecule has 11 heteroatoms. The summed E-state index contributed by atoms with van der Waals surface area (Å²) >= 11 is 5.95. The summed E-state index contributed by atoms with van der Waals surface area (Å²) in [6, 6.07) is 7.30. The zero-order valence-electron chi connectivity index (χ0n) is 15.3. The van der Waals surface area contributed by atoms with Crippen LogP contribution in [-0.4, -0.2) is 37.2 Å². The normalized spacial score (nSPS) is 14.5. The van der Waals surface area contributed by atoms with E-state index in [1.165, 1.54) is 9.36 Å². The summed E-state index contributed by atoms with van der Waals surface area (Å²) in [5.41, 5.74) is 0.856. The molecule has 0 atom stereocenters. The fourth-order valence-corrected chi connectivity index (χ4v) is 3.63. The molecule has 0 aliphatic heterocycles. The van der Waals surface area contributed by atoms with E-state index in [9.17, 15) is 18.0 Å². The second-order valence-corrected chi connectivity index (χ2v) is 7.36. The fraction of sp³-hybridized carbons (Fsp3) is 0.444. The van der Waals surface area contributed by atoms with Crippen molar-refractivity contribution in [2.75, 3.05) is 6.54 Å². The zero-order valence-corrected chi connectivity index (χ0v) is 16.0. The molecule has 2 aromatic heterocycles. The van der Waals surface area contributed by atoms with Gasteiger partial charge in [-0.3, -0.25) is 9.48 Å². The number of carbonyl (C=O) groups is 1. The van der Waals surface area contributed by atoms with Crippen LogP contribution in [0.4, 0.5) is 13.2 Å². The van der Waals surface area contributed by atoms with Gasteiger partial charge in [-0.2, -0.15) is 18.3 Å². The van der Waals surface area contributed by atoms with E-state index in [0.29, 0.717) is 24.2 Å². The number of aryl methyl sites for hydroxylation is 1. The molecule has 1 aliphatic carbocycles. The highest BCUT2D eigenvalue weighted by atomic mass is 35.5. The van der Waals surface area contributed by atoms with Crippen molar-refractivity contribution >= 4 is 28.5 Å². The molecule has 0 unspecified atom stereocenters. The topological polar surface area (TPSA) is 77.6 Å². The molecule has 1 amide bonds. The minimum Gasteiger partial charge on any atom is -0.354 e. The van der Waals surface area contributed by atoms with E-state index in [1.807, 2.05) is 18.2 Å². The molecule has 0 saturated heterocycles. The molecular weight excluding hydrogens is 409 g/mol. The number of benzene rings is 1. The molecule has 0 bridgehead atoms. The van der Waals surface area contributed by atoms with Gasteiger partial charge < -0.3 is 5.32 Å². The Labute approximate surface area is 168 Å². The lowest BCUT2D eigenvalue weighted by Gasteiger charge is -2.08. The van der Waals surface area contributed by atoms with Gasteiger partial charge >= 0.3 is 6.18 Å². The Morgan fingerprint density at radius 2 is 2.00 bits per heavy atom. The Morgan fingerprint density at radius 3 is 2.72 bits per heavy atom. The molecule has 7 nitrogen and oxygen atoms in total. The first-order chi connectivity index (χ1) is 13.8. The average molecular weight is 427 g/mol. The van der Waals surface area contributed by atoms with Crippen LogP contribution in [0.15, 0.2) is 24.3 Å². The molecule has 1 N–H and O–H groups in total. The summed E-state index contributed by atoms with van der Waals surface area (Å²) in [7, 11) is 0. The maximum Gasteiger partial charge on any atom is 0.436 e. The minimum absolute atomic E-state index is 0.0135. The van der Waals surface area contributed by atoms with Crippen molar-refractivity contribution in [2.45, 2.75) is 44.4 Å². The quantitative estimate of drug-likeness (QED) is 0.587. The van der Waals surface area contributed by atoms with Gasteiger partial charge in [0.05, 0.1) is 16.2 Å². The Bertz CT molecular complexity index is 1040. The third kappa shape index (κ3) is 4.21. The summed E-state index contributed by atoms with van der Waals surface area (Å²) in [4.78, 5) is 12.1. The predicted octanol–water partition coefficient (Wildman–Crippen LogP) is 3.38. The van der Waals surface area contributed by atoms with Gasteiger partial charge in [-0.05, 0) is 31.4 Å². The molecule has 154 valence electrons. The van der Waals surface area contributed by atoms with Crippen LogP contribution in [-0.2, 0) is 24.1 Å². The summed E-state index contributed by atoms with van der Waals surface area (Å²) < 4.78 is 42.1. The van der Waals surface area contributed by atoms with Crippen molar-refractivity contribution in [2.24, 2.45) is 0 Å². The first-order valence-electron chi connectivity index (χ1n) is 9.23. The Balaban J connectivity index is 1.33. The second kappa shape index (κ2) is 7.66. The lowest BCUT2D eigenvalue weighted by atomic mass is 10.2. The standard InChI is InChI=1S/C18H18ClF3N6O/c19-15-16(11-6-7-11)27(25-17(15)18(20,21)22)9-3-8-23-14(29)10-28-13-5-2-1-4-12(13)24-26-28/h1-2,4-5,11H,3,6-10H2,(H,23,29). The van der Waals surface area contributed by atoms with E-state index < -0.39 is 11.9 Å². The second-order valence-electron chi connectivity index (χ2n) is 6.98. The number of alkyl halides is 3. The van der Waals surface area contributed by atoms with Gasteiger partial charge in [-0.1, -0.05) is 28.9 Å². The Morgan fingerprint density at radius 1 is 1.24 bits per heavy atom. The lowest BCUT2D eigenvalue weighted by Crippen LogP contribution is -2.29. The van der Waals surface area contributed by atoms with Gasteiger partial charge in [0, 0.05) is 19.0 Å². The third-order valence-electron chi connectivity index (χ3n) is 4.75. The highest BCUT2D eigenvalue weighted by Crippen LogP contribution is 2.46. The molecule has 1 aliphatic rings. The maximum absolute atomic E-state index is 13.1. The van der Waals surface area contributed by atoms with Gasteiger partial charge in [0.25, 0.3) is 0 Å². The van der Waals surface area contributed by atoms with Gasteiger partial charge in [-0.25, -0.2) is 4.68 Å². The Kier molecular flexibility index (Phi) is 5.20. The number of hydrogen-bond donors (Lipinski definition) is 1. The molecule has 2 heterocycles. The van der Waals surface area contributed by atoms with Crippen molar-refractivity contribution in [3.63, 3.8) is 0 Å². The van der Waals surface area contributed by atoms with Gasteiger partial charge in [0.1, 0.15) is 12.1 Å². The monoisotopic (exact) mass is 426 g/mol. The molecule has 1 fully saturated rings. The minimum atomic E-state index is -4.58. The number of para-hydroxylation sites is 1. The lowest BCUT2D eigenvalue weighted by molar-refractivity contribution is -0.141. The Hall–Kier alpha value is -2.62. The third-order valence-corrected chi connectivity index (χ3v) is 5.12. The number of nitrogens with zero attached hydrogens (tertiary/aromatic N) is 5. The molecule has 29 heavy (non-hydrogen) atoms. The number of amides is 1. The molecule has 3 aromatic rings. The van der Waals surface area contributed by atoms with Crippen LogP contribution >= 0.6 is 11.6 Å². The number of halogens is 4. The number of fused-ring (bicyclic) bond motifs is 1. The van der Waals surface area contributed by atoms with Crippen molar-refractivity contribution in [1.29, 1.82) is 0 Å². The van der Waals surface area contributed by atoms with Gasteiger partial charge in [0.2, 0.25) is 5.91 Å². The van der Waals surface area contributed by atoms with Crippen LogP contribution in [0.5, 0.6) is 0 Å². The van der Waals surface area contributed by atoms with Crippen LogP contribution < -0.4 is 5.32 Å². The molecule has 4 rings (SSSR count). The van der Waals surface area contributed by atoms with Crippen LogP contribution in [0, 0.1) is 0 Å². The summed E-state index contributed by atoms with van der Waals surface area (Å²) in [5, 5.41) is 14.1. The zero-order chi connectivity index (χ0) is 20.6. The van der Waals surface area contributed by atoms with E-state index in [0.717, 1.165) is 18.4 Å². The van der Waals surface area contributed by atoms with E-state index in [-0.39, 0.29) is 29.9 Å². The molecular formula is C18H18ClF3N6O. The van der Waals surface area contributed by atoms with E-state index in [1.54, 1.807) is 6.07 Å². The molecule has 1 saturated carbocycles. The van der Waals surface area contributed by atoms with Gasteiger partial charge in [0.15, 0.2) is 5.69 Å². The van der Waals surface area contributed by atoms with Crippen LogP contribution in [0.3, 0.4) is 0 Å². The van der Waals surface area contributed by atoms with Crippen LogP contribution in [0.25, 0.3) is 11.0 Å². The predicted molar refractivity (Wildman–Crippen MR) is 99.4 cm³/mol. The SMILES string of the molecule is O=C(Cn1nnc2ccccc21)NCCCn1nc(C(F)(F)F)c(Cl)c1C1CC1. The smallest absolute Gasteiger partial charge is 0.354 e. The summed E-state index contributed by atoms with van der Waals surface area (Å²) in [6.07, 6.45) is -2.53. The van der Waals surface area contributed by atoms with Gasteiger partial charge in [-0.15, -0.1) is 5.10 Å². The molecule has 0 spiro atoms. The van der Waals surface area contributed by atoms with Crippen molar-refractivity contribution < 1.29 is 18.0 Å². The first kappa shape index (κ1) is 19.7. The van der Waals surface area contributed by atoms with Crippen molar-refractivity contribution in [3.8, 4) is 0 Å². The largest absolute Gasteiger partial charge is 0.436 e. The summed E-state index contributed by atoms with van der Waals surface area (Å²) in [6.45, 7) is 0.558. The average Bonchev–Trinajstić information content (AvgIpc) is 3.33. The van der Waals surface area contributed by atoms with Crippen LogP contribution in [0.1, 0.15) is 36.6 Å². The van der Waals surface area contributed by atoms with E-state index in [4.69, 9.17) is 11.6 Å².